The van der Waals surface area contributed by atoms with Crippen LogP contribution in [0.2, 0.25) is 0 Å². The smallest absolute Gasteiger partial charge is 0.245 e. The molecule has 0 unspecified atom stereocenters. The lowest BCUT2D eigenvalue weighted by molar-refractivity contribution is -0.221. The Morgan fingerprint density at radius 1 is 1.34 bits per heavy atom. The summed E-state index contributed by atoms with van der Waals surface area (Å²) in [5.41, 5.74) is 1.52. The number of aliphatic hydroxyl groups is 2. The number of ether oxygens (including phenoxy) is 3. The second kappa shape index (κ2) is 9.22. The van der Waals surface area contributed by atoms with E-state index in [1.54, 1.807) is 32.7 Å². The van der Waals surface area contributed by atoms with Crippen molar-refractivity contribution in [3.05, 3.63) is 0 Å². The first kappa shape index (κ1) is 22.4. The van der Waals surface area contributed by atoms with Gasteiger partial charge in [0.15, 0.2) is 22.1 Å². The molecule has 1 aliphatic rings. The van der Waals surface area contributed by atoms with Crippen LogP contribution in [0.4, 0.5) is 0 Å². The number of fused-ring (bicyclic) bond motifs is 1. The summed E-state index contributed by atoms with van der Waals surface area (Å²) >= 11 is 1.59. The number of H-pyrrole nitrogens is 1. The van der Waals surface area contributed by atoms with Crippen molar-refractivity contribution in [1.82, 2.24) is 19.7 Å². The highest BCUT2D eigenvalue weighted by atomic mass is 32.2. The van der Waals surface area contributed by atoms with Crippen LogP contribution in [-0.4, -0.2) is 74.0 Å². The Morgan fingerprint density at radius 2 is 2.10 bits per heavy atom. The molecule has 0 radical (unpaired) electrons. The predicted molar refractivity (Wildman–Crippen MR) is 110 cm³/mol. The van der Waals surface area contributed by atoms with Gasteiger partial charge in [0.05, 0.1) is 38.6 Å². The molecule has 29 heavy (non-hydrogen) atoms. The number of methoxy groups -OCH3 is 1. The number of nitrogens with zero attached hydrogens (tertiary/aromatic N) is 3. The maximum absolute atomic E-state index is 10.3. The third-order valence-corrected chi connectivity index (χ3v) is 6.12. The van der Waals surface area contributed by atoms with E-state index in [0.717, 1.165) is 23.3 Å². The van der Waals surface area contributed by atoms with E-state index in [0.29, 0.717) is 17.5 Å². The fourth-order valence-corrected chi connectivity index (χ4v) is 4.48. The number of aromatic amines is 1. The highest BCUT2D eigenvalue weighted by Gasteiger charge is 2.46. The molecular weight excluding hydrogens is 396 g/mol. The average Bonchev–Trinajstić information content (AvgIpc) is 2.93. The van der Waals surface area contributed by atoms with E-state index in [9.17, 15) is 5.11 Å². The van der Waals surface area contributed by atoms with Gasteiger partial charge in [-0.3, -0.25) is 9.78 Å². The Balaban J connectivity index is 1.94. The van der Waals surface area contributed by atoms with Crippen LogP contribution < -0.4 is 4.74 Å². The molecule has 4 atom stereocenters. The Labute approximate surface area is 175 Å². The van der Waals surface area contributed by atoms with Crippen molar-refractivity contribution in [2.45, 2.75) is 69.7 Å². The van der Waals surface area contributed by atoms with E-state index in [4.69, 9.17) is 24.3 Å². The van der Waals surface area contributed by atoms with Crippen LogP contribution in [-0.2, 0) is 9.47 Å². The molecule has 0 spiro atoms. The molecule has 3 rings (SSSR count). The van der Waals surface area contributed by atoms with E-state index in [1.807, 2.05) is 11.6 Å². The molecule has 9 nitrogen and oxygen atoms in total. The minimum Gasteiger partial charge on any atom is -0.479 e. The van der Waals surface area contributed by atoms with Gasteiger partial charge in [0.1, 0.15) is 0 Å². The Kier molecular flexibility index (Phi) is 7.10. The first-order valence-electron chi connectivity index (χ1n) is 10.1. The van der Waals surface area contributed by atoms with Crippen molar-refractivity contribution >= 4 is 22.9 Å². The number of aliphatic hydroxyl groups excluding tert-OH is 1. The summed E-state index contributed by atoms with van der Waals surface area (Å²) in [6.07, 6.45) is 1.33. The van der Waals surface area contributed by atoms with Crippen LogP contribution in [0, 0.1) is 5.92 Å². The van der Waals surface area contributed by atoms with Crippen molar-refractivity contribution < 1.29 is 24.4 Å². The Bertz CT molecular complexity index is 802. The van der Waals surface area contributed by atoms with Crippen LogP contribution in [0.15, 0.2) is 5.16 Å². The lowest BCUT2D eigenvalue weighted by Crippen LogP contribution is -2.38. The van der Waals surface area contributed by atoms with E-state index < -0.39 is 5.79 Å². The molecule has 1 fully saturated rings. The van der Waals surface area contributed by atoms with Gasteiger partial charge in [-0.2, -0.15) is 4.98 Å². The molecule has 2 aromatic rings. The third kappa shape index (κ3) is 4.88. The van der Waals surface area contributed by atoms with E-state index in [-0.39, 0.29) is 37.4 Å². The van der Waals surface area contributed by atoms with Crippen LogP contribution in [0.3, 0.4) is 0 Å². The standard InChI is InChI=1S/C19H32N4O5S/c1-6-9-29-18-20-16-14(17(21-18)26-5)22-23(16)12-10-13(27-8-7-24)11(2)15(12)28-19(3,4)25/h11-13,15,22,24-25H,6-10H2,1-5H3/t11-,12-,13+,15-/m1/s1. The normalized spacial score (nSPS) is 25.2. The molecule has 0 aliphatic heterocycles. The molecule has 0 saturated heterocycles. The molecule has 0 bridgehead atoms. The summed E-state index contributed by atoms with van der Waals surface area (Å²) in [5, 5.41) is 23.4. The lowest BCUT2D eigenvalue weighted by Gasteiger charge is -2.32. The summed E-state index contributed by atoms with van der Waals surface area (Å²) in [7, 11) is 1.60. The zero-order valence-corrected chi connectivity index (χ0v) is 18.5. The zero-order valence-electron chi connectivity index (χ0n) is 17.7. The Hall–Kier alpha value is -1.33. The van der Waals surface area contributed by atoms with Crippen molar-refractivity contribution in [2.75, 3.05) is 26.1 Å². The molecule has 0 aromatic carbocycles. The summed E-state index contributed by atoms with van der Waals surface area (Å²) in [6, 6.07) is -0.101. The number of thioether (sulfide) groups is 1. The number of nitrogens with one attached hydrogen (secondary N) is 1. The molecule has 1 saturated carbocycles. The highest BCUT2D eigenvalue weighted by Crippen LogP contribution is 2.42. The monoisotopic (exact) mass is 428 g/mol. The van der Waals surface area contributed by atoms with Crippen molar-refractivity contribution in [3.8, 4) is 5.88 Å². The van der Waals surface area contributed by atoms with Gasteiger partial charge in [-0.05, 0) is 26.7 Å². The first-order chi connectivity index (χ1) is 13.8. The molecule has 3 N–H and O–H groups in total. The predicted octanol–water partition coefficient (Wildman–Crippen LogP) is 2.34. The van der Waals surface area contributed by atoms with Gasteiger partial charge in [0.2, 0.25) is 5.88 Å². The van der Waals surface area contributed by atoms with E-state index >= 15 is 0 Å². The van der Waals surface area contributed by atoms with Gasteiger partial charge >= 0.3 is 0 Å². The molecule has 164 valence electrons. The molecule has 10 heteroatoms. The van der Waals surface area contributed by atoms with Crippen LogP contribution in [0.25, 0.3) is 11.2 Å². The number of hydrogen-bond acceptors (Lipinski definition) is 8. The van der Waals surface area contributed by atoms with Gasteiger partial charge in [0.25, 0.3) is 0 Å². The largest absolute Gasteiger partial charge is 0.479 e. The number of rotatable bonds is 10. The van der Waals surface area contributed by atoms with Gasteiger partial charge in [-0.1, -0.05) is 25.6 Å². The molecule has 2 aromatic heterocycles. The van der Waals surface area contributed by atoms with Gasteiger partial charge < -0.3 is 24.4 Å². The van der Waals surface area contributed by atoms with Gasteiger partial charge in [-0.25, -0.2) is 4.98 Å². The second-order valence-corrected chi connectivity index (χ2v) is 8.93. The Morgan fingerprint density at radius 3 is 2.72 bits per heavy atom. The minimum atomic E-state index is -1.28. The minimum absolute atomic E-state index is 0.0292. The summed E-state index contributed by atoms with van der Waals surface area (Å²) in [6.45, 7) is 7.65. The van der Waals surface area contributed by atoms with Crippen molar-refractivity contribution in [2.24, 2.45) is 5.92 Å². The second-order valence-electron chi connectivity index (χ2n) is 7.87. The quantitative estimate of drug-likeness (QED) is 0.300. The van der Waals surface area contributed by atoms with Crippen LogP contribution in [0.5, 0.6) is 5.88 Å². The first-order valence-corrected chi connectivity index (χ1v) is 11.0. The molecule has 2 heterocycles. The number of aromatic nitrogens is 4. The van der Waals surface area contributed by atoms with E-state index in [1.165, 1.54) is 0 Å². The maximum Gasteiger partial charge on any atom is 0.245 e. The molecular formula is C19H32N4O5S. The fourth-order valence-electron chi connectivity index (χ4n) is 3.79. The summed E-state index contributed by atoms with van der Waals surface area (Å²) in [5.74, 6) is 0.199. The average molecular weight is 429 g/mol. The fraction of sp³-hybridized carbons (Fsp3) is 0.789. The highest BCUT2D eigenvalue weighted by molar-refractivity contribution is 7.99. The molecule has 0 amide bonds. The summed E-state index contributed by atoms with van der Waals surface area (Å²) in [4.78, 5) is 9.18. The van der Waals surface area contributed by atoms with Gasteiger partial charge in [0, 0.05) is 11.7 Å². The zero-order chi connectivity index (χ0) is 21.2. The maximum atomic E-state index is 10.3. The van der Waals surface area contributed by atoms with Gasteiger partial charge in [-0.15, -0.1) is 0 Å². The molecule has 1 aliphatic carbocycles. The third-order valence-electron chi connectivity index (χ3n) is 5.06. The van der Waals surface area contributed by atoms with Crippen LogP contribution in [0.1, 0.15) is 46.6 Å². The SMILES string of the molecule is CCCSc1nc(OC)c2[nH]n([C@@H]3C[C@H](OCCO)[C@@H](C)[C@H]3OC(C)(C)O)c2n1. The van der Waals surface area contributed by atoms with Crippen molar-refractivity contribution in [1.29, 1.82) is 0 Å². The van der Waals surface area contributed by atoms with Crippen LogP contribution >= 0.6 is 11.8 Å². The summed E-state index contributed by atoms with van der Waals surface area (Å²) < 4.78 is 19.2. The lowest BCUT2D eigenvalue weighted by atomic mass is 10.1. The van der Waals surface area contributed by atoms with Crippen molar-refractivity contribution in [3.63, 3.8) is 0 Å². The topological polar surface area (TPSA) is 115 Å². The van der Waals surface area contributed by atoms with E-state index in [2.05, 4.69) is 17.0 Å². The number of hydrogen-bond donors (Lipinski definition) is 3.